The molecule has 1 aromatic heterocycles. The molecule has 0 spiro atoms. The first-order valence-corrected chi connectivity index (χ1v) is 5.80. The van der Waals surface area contributed by atoms with Crippen molar-refractivity contribution in [3.8, 4) is 5.75 Å². The van der Waals surface area contributed by atoms with E-state index in [2.05, 4.69) is 15.1 Å². The lowest BCUT2D eigenvalue weighted by Crippen LogP contribution is -2.08. The van der Waals surface area contributed by atoms with E-state index < -0.39 is 0 Å². The highest BCUT2D eigenvalue weighted by Crippen LogP contribution is 2.16. The average molecular weight is 252 g/mol. The fourth-order valence-electron chi connectivity index (χ4n) is 1.96. The monoisotopic (exact) mass is 252 g/mol. The van der Waals surface area contributed by atoms with E-state index in [1.807, 2.05) is 24.3 Å². The highest BCUT2D eigenvalue weighted by atomic mass is 16.3. The number of nitrogens with zero attached hydrogens (tertiary/aromatic N) is 2. The van der Waals surface area contributed by atoms with E-state index in [1.54, 1.807) is 24.3 Å². The summed E-state index contributed by atoms with van der Waals surface area (Å²) in [7, 11) is 0. The highest BCUT2D eigenvalue weighted by Gasteiger charge is 2.11. The van der Waals surface area contributed by atoms with Crippen molar-refractivity contribution in [3.05, 3.63) is 59.9 Å². The number of nitrogens with one attached hydrogen (secondary N) is 1. The number of aromatic hydroxyl groups is 1. The molecular weight excluding hydrogens is 240 g/mol. The molecule has 0 amide bonds. The van der Waals surface area contributed by atoms with E-state index in [-0.39, 0.29) is 5.75 Å². The number of para-hydroxylation sites is 2. The summed E-state index contributed by atoms with van der Waals surface area (Å²) < 4.78 is 0. The van der Waals surface area contributed by atoms with Crippen molar-refractivity contribution in [1.82, 2.24) is 9.97 Å². The van der Waals surface area contributed by atoms with Crippen LogP contribution in [0.2, 0.25) is 0 Å². The summed E-state index contributed by atoms with van der Waals surface area (Å²) in [5.74, 6) is 6.27. The van der Waals surface area contributed by atoms with Crippen LogP contribution in [-0.2, 0) is 0 Å². The lowest BCUT2D eigenvalue weighted by molar-refractivity contribution is 0.475. The van der Waals surface area contributed by atoms with Gasteiger partial charge >= 0.3 is 0 Å². The van der Waals surface area contributed by atoms with Gasteiger partial charge in [-0.05, 0) is 36.4 Å². The van der Waals surface area contributed by atoms with Crippen LogP contribution in [0.15, 0.2) is 53.6 Å². The number of hydrazone groups is 1. The van der Waals surface area contributed by atoms with Gasteiger partial charge in [0.1, 0.15) is 11.5 Å². The maximum atomic E-state index is 9.30. The number of H-pyrrole nitrogens is 1. The Morgan fingerprint density at radius 2 is 1.84 bits per heavy atom. The molecule has 0 aliphatic rings. The van der Waals surface area contributed by atoms with E-state index in [0.717, 1.165) is 16.6 Å². The van der Waals surface area contributed by atoms with E-state index in [9.17, 15) is 5.11 Å². The second-order valence-corrected chi connectivity index (χ2v) is 4.13. The van der Waals surface area contributed by atoms with Gasteiger partial charge in [0, 0.05) is 5.56 Å². The molecule has 0 fully saturated rings. The van der Waals surface area contributed by atoms with Crippen molar-refractivity contribution >= 4 is 16.7 Å². The Kier molecular flexibility index (Phi) is 2.64. The lowest BCUT2D eigenvalue weighted by Gasteiger charge is -2.02. The summed E-state index contributed by atoms with van der Waals surface area (Å²) in [6, 6.07) is 14.4. The number of aromatic nitrogens is 2. The molecule has 94 valence electrons. The van der Waals surface area contributed by atoms with Crippen molar-refractivity contribution in [2.75, 3.05) is 0 Å². The van der Waals surface area contributed by atoms with Crippen molar-refractivity contribution < 1.29 is 5.11 Å². The Morgan fingerprint density at radius 1 is 1.11 bits per heavy atom. The van der Waals surface area contributed by atoms with Crippen LogP contribution in [0.5, 0.6) is 5.75 Å². The summed E-state index contributed by atoms with van der Waals surface area (Å²) in [5, 5.41) is 13.1. The van der Waals surface area contributed by atoms with E-state index in [4.69, 9.17) is 5.84 Å². The SMILES string of the molecule is N/N=C(\c1ccc(O)cc1)c1nc2ccccc2[nH]1. The number of hydrogen-bond acceptors (Lipinski definition) is 4. The lowest BCUT2D eigenvalue weighted by atomic mass is 10.1. The predicted octanol–water partition coefficient (Wildman–Crippen LogP) is 1.98. The van der Waals surface area contributed by atoms with Crippen LogP contribution in [0, 0.1) is 0 Å². The number of hydrogen-bond donors (Lipinski definition) is 3. The molecular formula is C14H12N4O. The molecule has 1 heterocycles. The second-order valence-electron chi connectivity index (χ2n) is 4.13. The van der Waals surface area contributed by atoms with Crippen molar-refractivity contribution in [3.63, 3.8) is 0 Å². The molecule has 4 N–H and O–H groups in total. The van der Waals surface area contributed by atoms with Crippen LogP contribution in [0.4, 0.5) is 0 Å². The maximum absolute atomic E-state index is 9.30. The van der Waals surface area contributed by atoms with Gasteiger partial charge in [0.25, 0.3) is 0 Å². The second kappa shape index (κ2) is 4.45. The Bertz CT molecular complexity index is 710. The maximum Gasteiger partial charge on any atom is 0.159 e. The van der Waals surface area contributed by atoms with Crippen LogP contribution in [-0.4, -0.2) is 20.8 Å². The number of aromatic amines is 1. The molecule has 3 aromatic rings. The largest absolute Gasteiger partial charge is 0.508 e. The van der Waals surface area contributed by atoms with E-state index >= 15 is 0 Å². The molecule has 19 heavy (non-hydrogen) atoms. The van der Waals surface area contributed by atoms with Crippen LogP contribution in [0.25, 0.3) is 11.0 Å². The van der Waals surface area contributed by atoms with Gasteiger partial charge in [-0.2, -0.15) is 5.10 Å². The summed E-state index contributed by atoms with van der Waals surface area (Å²) >= 11 is 0. The first-order chi connectivity index (χ1) is 9.28. The number of imidazole rings is 1. The molecule has 3 rings (SSSR count). The van der Waals surface area contributed by atoms with Crippen molar-refractivity contribution in [2.24, 2.45) is 10.9 Å². The standard InChI is InChI=1S/C14H12N4O/c15-18-13(9-5-7-10(19)8-6-9)14-16-11-3-1-2-4-12(11)17-14/h1-8,19H,15H2,(H,16,17)/b18-13+. The highest BCUT2D eigenvalue weighted by molar-refractivity contribution is 6.11. The Balaban J connectivity index is 2.09. The molecule has 0 bridgehead atoms. The minimum absolute atomic E-state index is 0.199. The minimum Gasteiger partial charge on any atom is -0.508 e. The molecule has 0 atom stereocenters. The van der Waals surface area contributed by atoms with Gasteiger partial charge in [-0.15, -0.1) is 0 Å². The summed E-state index contributed by atoms with van der Waals surface area (Å²) in [6.07, 6.45) is 0. The third kappa shape index (κ3) is 2.01. The van der Waals surface area contributed by atoms with Gasteiger partial charge in [-0.25, -0.2) is 4.98 Å². The van der Waals surface area contributed by atoms with E-state index in [0.29, 0.717) is 11.5 Å². The quantitative estimate of drug-likeness (QED) is 0.370. The fraction of sp³-hybridized carbons (Fsp3) is 0. The van der Waals surface area contributed by atoms with Crippen LogP contribution in [0.1, 0.15) is 11.4 Å². The number of fused-ring (bicyclic) bond motifs is 1. The zero-order valence-corrected chi connectivity index (χ0v) is 10.0. The molecule has 0 saturated heterocycles. The normalized spacial score (nSPS) is 11.9. The third-order valence-electron chi connectivity index (χ3n) is 2.88. The van der Waals surface area contributed by atoms with Crippen molar-refractivity contribution in [1.29, 1.82) is 0 Å². The minimum atomic E-state index is 0.199. The third-order valence-corrected chi connectivity index (χ3v) is 2.88. The molecule has 5 nitrogen and oxygen atoms in total. The number of phenolic OH excluding ortho intramolecular Hbond substituents is 1. The van der Waals surface area contributed by atoms with Gasteiger partial charge < -0.3 is 15.9 Å². The first-order valence-electron chi connectivity index (χ1n) is 5.80. The van der Waals surface area contributed by atoms with Gasteiger partial charge in [0.05, 0.1) is 11.0 Å². The number of benzene rings is 2. The summed E-state index contributed by atoms with van der Waals surface area (Å²) in [5.41, 5.74) is 3.13. The molecule has 0 unspecified atom stereocenters. The molecule has 0 saturated carbocycles. The molecule has 0 radical (unpaired) electrons. The topological polar surface area (TPSA) is 87.3 Å². The first kappa shape index (κ1) is 11.3. The smallest absolute Gasteiger partial charge is 0.159 e. The zero-order chi connectivity index (χ0) is 13.2. The Morgan fingerprint density at radius 3 is 2.53 bits per heavy atom. The number of rotatable bonds is 2. The van der Waals surface area contributed by atoms with Gasteiger partial charge in [-0.3, -0.25) is 0 Å². The van der Waals surface area contributed by atoms with Crippen LogP contribution in [0.3, 0.4) is 0 Å². The molecule has 2 aromatic carbocycles. The van der Waals surface area contributed by atoms with Gasteiger partial charge in [-0.1, -0.05) is 12.1 Å². The number of nitrogens with two attached hydrogens (primary N) is 1. The van der Waals surface area contributed by atoms with Gasteiger partial charge in [0.15, 0.2) is 5.82 Å². The Labute approximate surface area is 109 Å². The van der Waals surface area contributed by atoms with E-state index in [1.165, 1.54) is 0 Å². The molecule has 0 aliphatic heterocycles. The predicted molar refractivity (Wildman–Crippen MR) is 74.0 cm³/mol. The van der Waals surface area contributed by atoms with Crippen LogP contribution < -0.4 is 5.84 Å². The Hall–Kier alpha value is -2.82. The van der Waals surface area contributed by atoms with Gasteiger partial charge in [0.2, 0.25) is 0 Å². The van der Waals surface area contributed by atoms with Crippen molar-refractivity contribution in [2.45, 2.75) is 0 Å². The van der Waals surface area contributed by atoms with Crippen LogP contribution >= 0.6 is 0 Å². The fourth-order valence-corrected chi connectivity index (χ4v) is 1.96. The zero-order valence-electron chi connectivity index (χ0n) is 10.0. The average Bonchev–Trinajstić information content (AvgIpc) is 2.85. The summed E-state index contributed by atoms with van der Waals surface area (Å²) in [4.78, 5) is 7.63. The number of phenols is 1. The molecule has 5 heteroatoms. The molecule has 0 aliphatic carbocycles. The summed E-state index contributed by atoms with van der Waals surface area (Å²) in [6.45, 7) is 0.